The van der Waals surface area contributed by atoms with Crippen molar-refractivity contribution in [3.63, 3.8) is 0 Å². The summed E-state index contributed by atoms with van der Waals surface area (Å²) in [6.45, 7) is 7.50. The zero-order valence-corrected chi connectivity index (χ0v) is 18.0. The first-order chi connectivity index (χ1) is 14.3. The summed E-state index contributed by atoms with van der Waals surface area (Å²) in [5, 5.41) is 2.94. The Kier molecular flexibility index (Phi) is 5.33. The second-order valence-electron chi connectivity index (χ2n) is 8.27. The highest BCUT2D eigenvalue weighted by molar-refractivity contribution is 6.13. The number of carbonyl (C=O) groups excluding carboxylic acids is 2. The molecule has 1 fully saturated rings. The Morgan fingerprint density at radius 2 is 2.03 bits per heavy atom. The smallest absolute Gasteiger partial charge is 0.237 e. The van der Waals surface area contributed by atoms with Crippen LogP contribution in [-0.2, 0) is 9.59 Å². The Hall–Kier alpha value is -3.15. The van der Waals surface area contributed by atoms with Crippen LogP contribution in [0.1, 0.15) is 36.0 Å². The summed E-state index contributed by atoms with van der Waals surface area (Å²) < 4.78 is 0. The molecule has 6 nitrogen and oxygen atoms in total. The number of fused-ring (bicyclic) bond motifs is 1. The first-order valence-corrected chi connectivity index (χ1v) is 10.4. The van der Waals surface area contributed by atoms with Gasteiger partial charge in [0.05, 0.1) is 11.7 Å². The normalized spacial score (nSPS) is 20.5. The van der Waals surface area contributed by atoms with Gasteiger partial charge in [-0.3, -0.25) is 14.6 Å². The van der Waals surface area contributed by atoms with E-state index >= 15 is 0 Å². The summed E-state index contributed by atoms with van der Waals surface area (Å²) in [6.07, 6.45) is 2.72. The summed E-state index contributed by atoms with van der Waals surface area (Å²) in [4.78, 5) is 32.8. The maximum atomic E-state index is 12.4. The molecule has 2 aliphatic rings. The van der Waals surface area contributed by atoms with E-state index in [0.29, 0.717) is 0 Å². The van der Waals surface area contributed by atoms with Crippen molar-refractivity contribution >= 4 is 35.1 Å². The van der Waals surface area contributed by atoms with Gasteiger partial charge >= 0.3 is 0 Å². The number of hydrogen-bond acceptors (Lipinski definition) is 4. The van der Waals surface area contributed by atoms with E-state index in [2.05, 4.69) is 34.3 Å². The average molecular weight is 405 g/mol. The SMILES string of the molecule is CC(=O)N(C)C1CCN(c2ccc(N=CC3C(=O)Nc4cccc(C)c43)cc2C)C1. The summed E-state index contributed by atoms with van der Waals surface area (Å²) in [5.41, 5.74) is 6.13. The van der Waals surface area contributed by atoms with E-state index in [9.17, 15) is 9.59 Å². The van der Waals surface area contributed by atoms with E-state index in [0.717, 1.165) is 47.6 Å². The molecule has 4 rings (SSSR count). The zero-order chi connectivity index (χ0) is 21.4. The molecule has 30 heavy (non-hydrogen) atoms. The molecule has 2 heterocycles. The van der Waals surface area contributed by atoms with Crippen molar-refractivity contribution in [2.24, 2.45) is 4.99 Å². The number of aliphatic imine (C=N–C) groups is 1. The predicted octanol–water partition coefficient (Wildman–Crippen LogP) is 3.80. The molecule has 1 saturated heterocycles. The Balaban J connectivity index is 1.50. The third-order valence-corrected chi connectivity index (χ3v) is 6.28. The first kappa shape index (κ1) is 20.1. The zero-order valence-electron chi connectivity index (χ0n) is 18.0. The summed E-state index contributed by atoms with van der Waals surface area (Å²) in [5.74, 6) is -0.284. The lowest BCUT2D eigenvalue weighted by molar-refractivity contribution is -0.129. The van der Waals surface area contributed by atoms with Crippen LogP contribution in [0.15, 0.2) is 41.4 Å². The quantitative estimate of drug-likeness (QED) is 0.789. The van der Waals surface area contributed by atoms with E-state index in [1.54, 1.807) is 13.1 Å². The van der Waals surface area contributed by atoms with Crippen LogP contribution in [0.3, 0.4) is 0 Å². The molecule has 0 radical (unpaired) electrons. The molecule has 1 N–H and O–H groups in total. The monoisotopic (exact) mass is 404 g/mol. The fourth-order valence-electron chi connectivity index (χ4n) is 4.46. The van der Waals surface area contributed by atoms with Crippen LogP contribution < -0.4 is 10.2 Å². The van der Waals surface area contributed by atoms with Gasteiger partial charge in [0.15, 0.2) is 0 Å². The van der Waals surface area contributed by atoms with Crippen molar-refractivity contribution < 1.29 is 9.59 Å². The van der Waals surface area contributed by atoms with Crippen LogP contribution in [0, 0.1) is 13.8 Å². The number of carbonyl (C=O) groups is 2. The lowest BCUT2D eigenvalue weighted by Crippen LogP contribution is -2.37. The number of anilines is 2. The molecule has 2 unspecified atom stereocenters. The van der Waals surface area contributed by atoms with E-state index in [4.69, 9.17) is 0 Å². The van der Waals surface area contributed by atoms with Crippen LogP contribution in [0.4, 0.5) is 17.1 Å². The van der Waals surface area contributed by atoms with Gasteiger partial charge < -0.3 is 15.1 Å². The second kappa shape index (κ2) is 7.94. The predicted molar refractivity (Wildman–Crippen MR) is 121 cm³/mol. The fraction of sp³-hybridized carbons (Fsp3) is 0.375. The molecule has 2 aliphatic heterocycles. The molecule has 0 aromatic heterocycles. The van der Waals surface area contributed by atoms with Crippen LogP contribution in [0.2, 0.25) is 0 Å². The Morgan fingerprint density at radius 3 is 2.77 bits per heavy atom. The molecule has 2 amide bonds. The standard InChI is InChI=1S/C24H28N4O2/c1-15-6-5-7-21-23(15)20(24(30)26-21)13-25-18-8-9-22(16(2)12-18)28-11-10-19(14-28)27(4)17(3)29/h5-9,12-13,19-20H,10-11,14H2,1-4H3,(H,26,30). The van der Waals surface area contributed by atoms with E-state index in [1.165, 1.54) is 5.69 Å². The van der Waals surface area contributed by atoms with Crippen LogP contribution >= 0.6 is 0 Å². The van der Waals surface area contributed by atoms with Gasteiger partial charge in [0.25, 0.3) is 0 Å². The first-order valence-electron chi connectivity index (χ1n) is 10.4. The van der Waals surface area contributed by atoms with Crippen molar-refractivity contribution in [3.8, 4) is 0 Å². The fourth-order valence-corrected chi connectivity index (χ4v) is 4.46. The van der Waals surface area contributed by atoms with Crippen molar-refractivity contribution in [1.29, 1.82) is 0 Å². The number of benzene rings is 2. The molecule has 0 aliphatic carbocycles. The average Bonchev–Trinajstić information content (AvgIpc) is 3.31. The molecule has 0 spiro atoms. The minimum Gasteiger partial charge on any atom is -0.369 e. The van der Waals surface area contributed by atoms with Gasteiger partial charge in [-0.1, -0.05) is 12.1 Å². The Labute approximate surface area is 177 Å². The van der Waals surface area contributed by atoms with Gasteiger partial charge in [-0.2, -0.15) is 0 Å². The van der Waals surface area contributed by atoms with Crippen molar-refractivity contribution in [1.82, 2.24) is 4.90 Å². The van der Waals surface area contributed by atoms with Gasteiger partial charge in [-0.25, -0.2) is 0 Å². The lowest BCUT2D eigenvalue weighted by atomic mass is 9.97. The van der Waals surface area contributed by atoms with E-state index in [-0.39, 0.29) is 23.8 Å². The third-order valence-electron chi connectivity index (χ3n) is 6.28. The lowest BCUT2D eigenvalue weighted by Gasteiger charge is -2.25. The van der Waals surface area contributed by atoms with Gasteiger partial charge in [0, 0.05) is 44.7 Å². The second-order valence-corrected chi connectivity index (χ2v) is 8.27. The van der Waals surface area contributed by atoms with Gasteiger partial charge in [-0.15, -0.1) is 0 Å². The molecule has 2 aromatic carbocycles. The van der Waals surface area contributed by atoms with Gasteiger partial charge in [0.2, 0.25) is 11.8 Å². The van der Waals surface area contributed by atoms with Crippen LogP contribution in [-0.4, -0.2) is 49.1 Å². The topological polar surface area (TPSA) is 65.0 Å². The molecule has 2 aromatic rings. The molecule has 156 valence electrons. The van der Waals surface area contributed by atoms with Crippen LogP contribution in [0.5, 0.6) is 0 Å². The minimum atomic E-state index is -0.359. The van der Waals surface area contributed by atoms with Crippen molar-refractivity contribution in [2.75, 3.05) is 30.4 Å². The van der Waals surface area contributed by atoms with E-state index in [1.807, 2.05) is 43.1 Å². The number of rotatable bonds is 4. The number of aryl methyl sites for hydroxylation is 2. The van der Waals surface area contributed by atoms with Crippen LogP contribution in [0.25, 0.3) is 0 Å². The van der Waals surface area contributed by atoms with Gasteiger partial charge in [0.1, 0.15) is 5.92 Å². The molecular formula is C24H28N4O2. The summed E-state index contributed by atoms with van der Waals surface area (Å²) in [7, 11) is 1.88. The maximum Gasteiger partial charge on any atom is 0.237 e. The molecule has 0 saturated carbocycles. The number of amides is 2. The molecule has 6 heteroatoms. The number of hydrogen-bond donors (Lipinski definition) is 1. The maximum absolute atomic E-state index is 12.4. The highest BCUT2D eigenvalue weighted by Gasteiger charge is 2.30. The van der Waals surface area contributed by atoms with E-state index < -0.39 is 0 Å². The molecular weight excluding hydrogens is 376 g/mol. The Bertz CT molecular complexity index is 1030. The van der Waals surface area contributed by atoms with Gasteiger partial charge in [-0.05, 0) is 61.2 Å². The number of nitrogens with zero attached hydrogens (tertiary/aromatic N) is 3. The Morgan fingerprint density at radius 1 is 1.23 bits per heavy atom. The molecule has 2 atom stereocenters. The van der Waals surface area contributed by atoms with Crippen molar-refractivity contribution in [3.05, 3.63) is 53.1 Å². The third kappa shape index (κ3) is 3.70. The van der Waals surface area contributed by atoms with Crippen molar-refractivity contribution in [2.45, 2.75) is 39.2 Å². The number of nitrogens with one attached hydrogen (secondary N) is 1. The highest BCUT2D eigenvalue weighted by Crippen LogP contribution is 2.35. The summed E-state index contributed by atoms with van der Waals surface area (Å²) >= 11 is 0. The minimum absolute atomic E-state index is 0.0332. The molecule has 0 bridgehead atoms. The number of likely N-dealkylation sites (N-methyl/N-ethyl adjacent to an activating group) is 1. The highest BCUT2D eigenvalue weighted by atomic mass is 16.2. The largest absolute Gasteiger partial charge is 0.369 e. The summed E-state index contributed by atoms with van der Waals surface area (Å²) in [6, 6.07) is 12.3.